The third-order valence-corrected chi connectivity index (χ3v) is 2.74. The summed E-state index contributed by atoms with van der Waals surface area (Å²) in [6, 6.07) is 0. The first-order valence-electron chi connectivity index (χ1n) is 6.13. The Bertz CT molecular complexity index is 713. The van der Waals surface area contributed by atoms with E-state index < -0.39 is 0 Å². The predicted octanol–water partition coefficient (Wildman–Crippen LogP) is 1.92. The van der Waals surface area contributed by atoms with Crippen LogP contribution < -0.4 is 4.74 Å². The topological polar surface area (TPSA) is 57.2 Å². The third-order valence-electron chi connectivity index (χ3n) is 2.74. The lowest BCUT2D eigenvalue weighted by molar-refractivity contribution is 0.234. The number of fused-ring (bicyclic) bond motifs is 1. The summed E-state index contributed by atoms with van der Waals surface area (Å²) in [4.78, 5) is 8.63. The summed E-state index contributed by atoms with van der Waals surface area (Å²) >= 11 is 0. The number of nitrogens with zero attached hydrogens (tertiary/aromatic N) is 5. The lowest BCUT2D eigenvalue weighted by Gasteiger charge is -2.09. The second-order valence-corrected chi connectivity index (χ2v) is 4.64. The summed E-state index contributed by atoms with van der Waals surface area (Å²) in [6.45, 7) is 3.94. The van der Waals surface area contributed by atoms with Gasteiger partial charge in [0.2, 0.25) is 5.65 Å². The SMILES string of the molecule is CC(C)Oc1nccn2c(-c3cnn(C)c3)cnc12. The number of aryl methyl sites for hydroxylation is 1. The van der Waals surface area contributed by atoms with Crippen LogP contribution >= 0.6 is 0 Å². The summed E-state index contributed by atoms with van der Waals surface area (Å²) < 4.78 is 9.39. The van der Waals surface area contributed by atoms with Crippen LogP contribution in [0.15, 0.2) is 31.0 Å². The average molecular weight is 257 g/mol. The van der Waals surface area contributed by atoms with Gasteiger partial charge < -0.3 is 4.74 Å². The molecule has 0 saturated carbocycles. The molecule has 98 valence electrons. The first-order chi connectivity index (χ1) is 9.15. The molecule has 0 aliphatic carbocycles. The van der Waals surface area contributed by atoms with Crippen LogP contribution in [-0.4, -0.2) is 30.3 Å². The van der Waals surface area contributed by atoms with Gasteiger partial charge in [0.15, 0.2) is 0 Å². The van der Waals surface area contributed by atoms with Gasteiger partial charge in [0, 0.05) is 31.2 Å². The molecule has 3 aromatic heterocycles. The summed E-state index contributed by atoms with van der Waals surface area (Å²) in [5.41, 5.74) is 2.70. The summed E-state index contributed by atoms with van der Waals surface area (Å²) in [5, 5.41) is 4.18. The van der Waals surface area contributed by atoms with Crippen molar-refractivity contribution in [2.45, 2.75) is 20.0 Å². The summed E-state index contributed by atoms with van der Waals surface area (Å²) in [6.07, 6.45) is 9.22. The fourth-order valence-corrected chi connectivity index (χ4v) is 1.97. The van der Waals surface area contributed by atoms with E-state index in [4.69, 9.17) is 4.74 Å². The van der Waals surface area contributed by atoms with E-state index in [2.05, 4.69) is 15.1 Å². The van der Waals surface area contributed by atoms with Crippen molar-refractivity contribution >= 4 is 5.65 Å². The third kappa shape index (κ3) is 2.05. The molecule has 0 radical (unpaired) electrons. The van der Waals surface area contributed by atoms with Gasteiger partial charge in [-0.3, -0.25) is 9.08 Å². The predicted molar refractivity (Wildman–Crippen MR) is 71.0 cm³/mol. The van der Waals surface area contributed by atoms with E-state index in [1.807, 2.05) is 43.9 Å². The van der Waals surface area contributed by atoms with Crippen LogP contribution in [0.25, 0.3) is 16.9 Å². The lowest BCUT2D eigenvalue weighted by Crippen LogP contribution is -2.08. The number of imidazole rings is 1. The first-order valence-corrected chi connectivity index (χ1v) is 6.13. The summed E-state index contributed by atoms with van der Waals surface area (Å²) in [5.74, 6) is 0.549. The molecule has 6 heteroatoms. The number of rotatable bonds is 3. The van der Waals surface area contributed by atoms with Crippen LogP contribution in [0.1, 0.15) is 13.8 Å². The minimum atomic E-state index is 0.0669. The molecule has 19 heavy (non-hydrogen) atoms. The monoisotopic (exact) mass is 257 g/mol. The Labute approximate surface area is 110 Å². The van der Waals surface area contributed by atoms with Crippen LogP contribution in [-0.2, 0) is 7.05 Å². The quantitative estimate of drug-likeness (QED) is 0.719. The van der Waals surface area contributed by atoms with E-state index in [-0.39, 0.29) is 6.10 Å². The zero-order valence-corrected chi connectivity index (χ0v) is 11.1. The molecule has 0 amide bonds. The van der Waals surface area contributed by atoms with Gasteiger partial charge in [0.25, 0.3) is 5.88 Å². The highest BCUT2D eigenvalue weighted by atomic mass is 16.5. The zero-order valence-electron chi connectivity index (χ0n) is 11.1. The van der Waals surface area contributed by atoms with Gasteiger partial charge in [0.1, 0.15) is 0 Å². The molecule has 3 aromatic rings. The minimum Gasteiger partial charge on any atom is -0.472 e. The van der Waals surface area contributed by atoms with Crippen molar-refractivity contribution in [3.63, 3.8) is 0 Å². The fourth-order valence-electron chi connectivity index (χ4n) is 1.97. The van der Waals surface area contributed by atoms with E-state index in [0.29, 0.717) is 5.88 Å². The fraction of sp³-hybridized carbons (Fsp3) is 0.308. The van der Waals surface area contributed by atoms with E-state index >= 15 is 0 Å². The number of ether oxygens (including phenoxy) is 1. The van der Waals surface area contributed by atoms with Crippen molar-refractivity contribution in [3.05, 3.63) is 31.0 Å². The van der Waals surface area contributed by atoms with E-state index in [0.717, 1.165) is 16.9 Å². The molecule has 0 aliphatic heterocycles. The molecule has 0 N–H and O–H groups in total. The number of hydrogen-bond acceptors (Lipinski definition) is 4. The maximum Gasteiger partial charge on any atom is 0.258 e. The molecular formula is C13H15N5O. The van der Waals surface area contributed by atoms with E-state index in [1.54, 1.807) is 17.1 Å². The highest BCUT2D eigenvalue weighted by Crippen LogP contribution is 2.24. The lowest BCUT2D eigenvalue weighted by atomic mass is 10.3. The van der Waals surface area contributed by atoms with Crippen LogP contribution in [0.2, 0.25) is 0 Å². The molecule has 6 nitrogen and oxygen atoms in total. The Hall–Kier alpha value is -2.37. The normalized spacial score (nSPS) is 11.4. The summed E-state index contributed by atoms with van der Waals surface area (Å²) in [7, 11) is 1.89. The van der Waals surface area contributed by atoms with E-state index in [9.17, 15) is 0 Å². The Morgan fingerprint density at radius 1 is 1.21 bits per heavy atom. The van der Waals surface area contributed by atoms with Gasteiger partial charge in [-0.15, -0.1) is 0 Å². The molecular weight excluding hydrogens is 242 g/mol. The Morgan fingerprint density at radius 2 is 2.05 bits per heavy atom. The van der Waals surface area contributed by atoms with Crippen molar-refractivity contribution in [1.29, 1.82) is 0 Å². The Morgan fingerprint density at radius 3 is 2.74 bits per heavy atom. The molecule has 0 aliphatic rings. The average Bonchev–Trinajstić information content (AvgIpc) is 2.94. The molecule has 0 saturated heterocycles. The van der Waals surface area contributed by atoms with Crippen molar-refractivity contribution in [3.8, 4) is 17.1 Å². The van der Waals surface area contributed by atoms with Crippen LogP contribution in [0.5, 0.6) is 5.88 Å². The second-order valence-electron chi connectivity index (χ2n) is 4.64. The van der Waals surface area contributed by atoms with Crippen molar-refractivity contribution < 1.29 is 4.74 Å². The Kier molecular flexibility index (Phi) is 2.70. The van der Waals surface area contributed by atoms with Gasteiger partial charge in [-0.1, -0.05) is 0 Å². The number of hydrogen-bond donors (Lipinski definition) is 0. The molecule has 0 unspecified atom stereocenters. The molecule has 3 heterocycles. The van der Waals surface area contributed by atoms with Crippen LogP contribution in [0, 0.1) is 0 Å². The standard InChI is InChI=1S/C13H15N5O/c1-9(2)19-13-12-15-7-11(18(12)5-4-14-13)10-6-16-17(3)8-10/h4-9H,1-3H3. The van der Waals surface area contributed by atoms with Gasteiger partial charge in [-0.25, -0.2) is 9.97 Å². The molecule has 0 aromatic carbocycles. The molecule has 0 bridgehead atoms. The molecule has 0 atom stereocenters. The Balaban J connectivity index is 2.14. The van der Waals surface area contributed by atoms with Gasteiger partial charge in [-0.05, 0) is 13.8 Å². The highest BCUT2D eigenvalue weighted by Gasteiger charge is 2.12. The maximum absolute atomic E-state index is 5.67. The molecule has 0 spiro atoms. The van der Waals surface area contributed by atoms with Crippen molar-refractivity contribution in [2.24, 2.45) is 7.05 Å². The van der Waals surface area contributed by atoms with Crippen molar-refractivity contribution in [1.82, 2.24) is 24.1 Å². The highest BCUT2D eigenvalue weighted by molar-refractivity contribution is 5.64. The van der Waals surface area contributed by atoms with Gasteiger partial charge >= 0.3 is 0 Å². The molecule has 3 rings (SSSR count). The largest absolute Gasteiger partial charge is 0.472 e. The second kappa shape index (κ2) is 4.38. The van der Waals surface area contributed by atoms with Crippen LogP contribution in [0.4, 0.5) is 0 Å². The molecule has 0 fully saturated rings. The van der Waals surface area contributed by atoms with Crippen LogP contribution in [0.3, 0.4) is 0 Å². The van der Waals surface area contributed by atoms with Gasteiger partial charge in [-0.2, -0.15) is 5.10 Å². The minimum absolute atomic E-state index is 0.0669. The smallest absolute Gasteiger partial charge is 0.258 e. The zero-order chi connectivity index (χ0) is 13.4. The van der Waals surface area contributed by atoms with Gasteiger partial charge in [0.05, 0.1) is 24.2 Å². The first kappa shape index (κ1) is 11.7. The van der Waals surface area contributed by atoms with Crippen molar-refractivity contribution in [2.75, 3.05) is 0 Å². The maximum atomic E-state index is 5.67. The number of aromatic nitrogens is 5. The van der Waals surface area contributed by atoms with E-state index in [1.165, 1.54) is 0 Å².